The Morgan fingerprint density at radius 3 is 2.21 bits per heavy atom. The fraction of sp³-hybridized carbons (Fsp3) is 0.143. The van der Waals surface area contributed by atoms with Crippen molar-refractivity contribution in [1.29, 1.82) is 0 Å². The normalized spacial score (nSPS) is 9.00. The molecule has 0 fully saturated rings. The minimum Gasteiger partial charge on any atom is -0.341 e. The van der Waals surface area contributed by atoms with E-state index in [1.54, 1.807) is 18.2 Å². The molecular weight excluding hydrogens is 308 g/mol. The topological polar surface area (TPSA) is 58.2 Å². The number of carbonyl (C=O) groups excluding carboxylic acids is 2. The molecule has 0 saturated heterocycles. The summed E-state index contributed by atoms with van der Waals surface area (Å²) in [7, 11) is 0. The van der Waals surface area contributed by atoms with Crippen LogP contribution in [0.25, 0.3) is 0 Å². The number of carbonyl (C=O) groups is 2. The van der Waals surface area contributed by atoms with E-state index in [1.165, 1.54) is 0 Å². The van der Waals surface area contributed by atoms with Gasteiger partial charge in [-0.1, -0.05) is 11.8 Å². The van der Waals surface area contributed by atoms with E-state index in [0.29, 0.717) is 15.6 Å². The molecule has 0 radical (unpaired) electrons. The van der Waals surface area contributed by atoms with Gasteiger partial charge in [-0.25, -0.2) is 0 Å². The monoisotopic (exact) mass is 318 g/mol. The number of halogens is 1. The second-order valence-corrected chi connectivity index (χ2v) is 4.32. The smallest absolute Gasteiger partial charge is 0.253 e. The molecule has 0 heterocycles. The average Bonchev–Trinajstić information content (AvgIpc) is 2.41. The van der Waals surface area contributed by atoms with Crippen LogP contribution >= 0.6 is 15.9 Å². The molecule has 0 aliphatic rings. The quantitative estimate of drug-likeness (QED) is 0.819. The number of hydrogen-bond donors (Lipinski definition) is 2. The maximum absolute atomic E-state index is 11.7. The number of rotatable bonds is 4. The van der Waals surface area contributed by atoms with E-state index < -0.39 is 0 Å². The zero-order valence-corrected chi connectivity index (χ0v) is 11.6. The molecule has 0 aliphatic heterocycles. The number of nitrogens with one attached hydrogen (secondary N) is 2. The highest BCUT2D eigenvalue weighted by Gasteiger charge is 2.12. The second-order valence-electron chi connectivity index (χ2n) is 3.47. The summed E-state index contributed by atoms with van der Waals surface area (Å²) in [5, 5.41) is 5.08. The maximum Gasteiger partial charge on any atom is 0.253 e. The molecule has 0 aromatic heterocycles. The van der Waals surface area contributed by atoms with Crippen molar-refractivity contribution in [3.05, 3.63) is 33.8 Å². The molecule has 0 atom stereocenters. The molecule has 0 spiro atoms. The van der Waals surface area contributed by atoms with Gasteiger partial charge in [0, 0.05) is 10.0 Å². The summed E-state index contributed by atoms with van der Waals surface area (Å²) in [5.74, 6) is 4.02. The Hall–Kier alpha value is -2.24. The van der Waals surface area contributed by atoms with Crippen molar-refractivity contribution in [3.8, 4) is 24.7 Å². The lowest BCUT2D eigenvalue weighted by atomic mass is 10.1. The molecule has 96 valence electrons. The lowest BCUT2D eigenvalue weighted by Crippen LogP contribution is -2.25. The van der Waals surface area contributed by atoms with Crippen molar-refractivity contribution in [2.75, 3.05) is 13.1 Å². The van der Waals surface area contributed by atoms with E-state index in [9.17, 15) is 9.59 Å². The Morgan fingerprint density at radius 2 is 1.68 bits per heavy atom. The van der Waals surface area contributed by atoms with E-state index in [-0.39, 0.29) is 24.9 Å². The van der Waals surface area contributed by atoms with Crippen LogP contribution in [-0.4, -0.2) is 24.9 Å². The third-order valence-electron chi connectivity index (χ3n) is 2.18. The van der Waals surface area contributed by atoms with Crippen LogP contribution in [0.3, 0.4) is 0 Å². The van der Waals surface area contributed by atoms with Crippen LogP contribution in [0.1, 0.15) is 20.7 Å². The van der Waals surface area contributed by atoms with E-state index in [2.05, 4.69) is 38.4 Å². The van der Waals surface area contributed by atoms with Gasteiger partial charge in [-0.3, -0.25) is 9.59 Å². The predicted molar refractivity (Wildman–Crippen MR) is 76.5 cm³/mol. The van der Waals surface area contributed by atoms with Crippen LogP contribution in [0.4, 0.5) is 0 Å². The van der Waals surface area contributed by atoms with Gasteiger partial charge in [0.15, 0.2) is 0 Å². The van der Waals surface area contributed by atoms with Crippen LogP contribution in [0.2, 0.25) is 0 Å². The summed E-state index contributed by atoms with van der Waals surface area (Å²) in [6.07, 6.45) is 10.1. The van der Waals surface area contributed by atoms with Gasteiger partial charge < -0.3 is 10.6 Å². The molecular formula is C14H11BrN2O2. The molecule has 0 saturated carbocycles. The highest BCUT2D eigenvalue weighted by atomic mass is 79.9. The molecule has 2 N–H and O–H groups in total. The Kier molecular flexibility index (Phi) is 5.66. The highest BCUT2D eigenvalue weighted by molar-refractivity contribution is 9.10. The van der Waals surface area contributed by atoms with E-state index in [1.807, 2.05) is 0 Å². The lowest BCUT2D eigenvalue weighted by molar-refractivity contribution is 0.0946. The van der Waals surface area contributed by atoms with Crippen molar-refractivity contribution in [2.45, 2.75) is 0 Å². The Morgan fingerprint density at radius 1 is 1.11 bits per heavy atom. The van der Waals surface area contributed by atoms with Crippen LogP contribution in [0.5, 0.6) is 0 Å². The van der Waals surface area contributed by atoms with E-state index in [4.69, 9.17) is 12.8 Å². The van der Waals surface area contributed by atoms with Gasteiger partial charge in [0.05, 0.1) is 18.7 Å². The molecule has 1 aromatic carbocycles. The summed E-state index contributed by atoms with van der Waals surface area (Å²) >= 11 is 3.24. The van der Waals surface area contributed by atoms with Crippen molar-refractivity contribution in [1.82, 2.24) is 10.6 Å². The molecule has 0 bridgehead atoms. The number of benzene rings is 1. The van der Waals surface area contributed by atoms with Crippen molar-refractivity contribution in [2.24, 2.45) is 0 Å². The van der Waals surface area contributed by atoms with Gasteiger partial charge in [0.2, 0.25) is 0 Å². The summed E-state index contributed by atoms with van der Waals surface area (Å²) < 4.78 is 0.510. The minimum atomic E-state index is -0.305. The first-order chi connectivity index (χ1) is 9.10. The van der Waals surface area contributed by atoms with Gasteiger partial charge in [-0.2, -0.15) is 0 Å². The largest absolute Gasteiger partial charge is 0.341 e. The van der Waals surface area contributed by atoms with E-state index in [0.717, 1.165) is 0 Å². The lowest BCUT2D eigenvalue weighted by Gasteiger charge is -2.07. The molecule has 4 nitrogen and oxygen atoms in total. The van der Waals surface area contributed by atoms with Crippen LogP contribution in [0, 0.1) is 24.7 Å². The fourth-order valence-corrected chi connectivity index (χ4v) is 1.86. The number of amides is 2. The average molecular weight is 319 g/mol. The Labute approximate surface area is 120 Å². The number of terminal acetylenes is 2. The third-order valence-corrected chi connectivity index (χ3v) is 2.83. The van der Waals surface area contributed by atoms with Gasteiger partial charge in [-0.15, -0.1) is 12.8 Å². The van der Waals surface area contributed by atoms with Gasteiger partial charge in [-0.05, 0) is 34.1 Å². The fourth-order valence-electron chi connectivity index (χ4n) is 1.30. The van der Waals surface area contributed by atoms with E-state index >= 15 is 0 Å². The predicted octanol–water partition coefficient (Wildman–Crippen LogP) is 1.18. The van der Waals surface area contributed by atoms with Gasteiger partial charge in [0.1, 0.15) is 0 Å². The third kappa shape index (κ3) is 4.17. The first-order valence-corrected chi connectivity index (χ1v) is 6.12. The van der Waals surface area contributed by atoms with Crippen molar-refractivity contribution < 1.29 is 9.59 Å². The SMILES string of the molecule is C#CCNC(=O)c1ccc(C(=O)NCC#C)c(Br)c1. The molecule has 1 aromatic rings. The molecule has 1 rings (SSSR count). The van der Waals surface area contributed by atoms with Crippen molar-refractivity contribution in [3.63, 3.8) is 0 Å². The summed E-state index contributed by atoms with van der Waals surface area (Å²) in [4.78, 5) is 23.4. The molecule has 19 heavy (non-hydrogen) atoms. The number of hydrogen-bond acceptors (Lipinski definition) is 2. The second kappa shape index (κ2) is 7.25. The van der Waals surface area contributed by atoms with Crippen LogP contribution < -0.4 is 10.6 Å². The summed E-state index contributed by atoms with van der Waals surface area (Å²) in [6, 6.07) is 4.64. The van der Waals surface area contributed by atoms with Crippen LogP contribution in [0.15, 0.2) is 22.7 Å². The molecule has 0 aliphatic carbocycles. The summed E-state index contributed by atoms with van der Waals surface area (Å²) in [6.45, 7) is 0.302. The first kappa shape index (κ1) is 14.8. The zero-order valence-electron chi connectivity index (χ0n) is 10.00. The Bertz CT molecular complexity index is 582. The van der Waals surface area contributed by atoms with Gasteiger partial charge >= 0.3 is 0 Å². The molecule has 0 unspecified atom stereocenters. The van der Waals surface area contributed by atoms with Crippen LogP contribution in [-0.2, 0) is 0 Å². The minimum absolute atomic E-state index is 0.148. The molecule has 2 amide bonds. The first-order valence-electron chi connectivity index (χ1n) is 5.33. The standard InChI is InChI=1S/C14H11BrN2O2/c1-3-7-16-13(18)10-5-6-11(12(15)9-10)14(19)17-8-4-2/h1-2,5-6,9H,7-8H2,(H,16,18)(H,17,19). The zero-order chi connectivity index (χ0) is 14.3. The Balaban J connectivity index is 2.86. The van der Waals surface area contributed by atoms with Crippen molar-refractivity contribution >= 4 is 27.7 Å². The molecule has 5 heteroatoms. The maximum atomic E-state index is 11.7. The summed E-state index contributed by atoms with van der Waals surface area (Å²) in [5.41, 5.74) is 0.819. The van der Waals surface area contributed by atoms with Gasteiger partial charge in [0.25, 0.3) is 11.8 Å². The highest BCUT2D eigenvalue weighted by Crippen LogP contribution is 2.18.